The van der Waals surface area contributed by atoms with Crippen LogP contribution in [0.2, 0.25) is 0 Å². The lowest BCUT2D eigenvalue weighted by Crippen LogP contribution is -2.47. The van der Waals surface area contributed by atoms with Crippen LogP contribution in [0, 0.1) is 11.7 Å². The number of amides is 2. The van der Waals surface area contributed by atoms with E-state index in [0.29, 0.717) is 11.3 Å². The molecule has 2 aromatic carbocycles. The minimum Gasteiger partial charge on any atom is -0.481 e. The molecule has 6 nitrogen and oxygen atoms in total. The number of rotatable bonds is 7. The number of carboxylic acids is 1. The molecule has 2 unspecified atom stereocenters. The van der Waals surface area contributed by atoms with Gasteiger partial charge < -0.3 is 15.7 Å². The van der Waals surface area contributed by atoms with Gasteiger partial charge in [-0.2, -0.15) is 0 Å². The lowest BCUT2D eigenvalue weighted by atomic mass is 10.00. The Morgan fingerprint density at radius 2 is 1.64 bits per heavy atom. The van der Waals surface area contributed by atoms with Gasteiger partial charge in [0.05, 0.1) is 5.92 Å². The summed E-state index contributed by atoms with van der Waals surface area (Å²) in [6.07, 6.45) is 0. The van der Waals surface area contributed by atoms with Crippen molar-refractivity contribution in [3.05, 3.63) is 65.5 Å². The van der Waals surface area contributed by atoms with Crippen LogP contribution < -0.4 is 10.6 Å². The average Bonchev–Trinajstić information content (AvgIpc) is 2.65. The van der Waals surface area contributed by atoms with Crippen LogP contribution in [0.5, 0.6) is 0 Å². The maximum Gasteiger partial charge on any atom is 0.310 e. The fraction of sp³-hybridized carbons (Fsp3) is 0.286. The van der Waals surface area contributed by atoms with E-state index in [4.69, 9.17) is 5.11 Å². The first-order chi connectivity index (χ1) is 13.2. The van der Waals surface area contributed by atoms with Gasteiger partial charge in [-0.05, 0) is 54.8 Å². The normalized spacial score (nSPS) is 12.9. The Balaban J connectivity index is 2.13. The molecular formula is C21H23FN2O4. The Hall–Kier alpha value is -3.22. The largest absolute Gasteiger partial charge is 0.481 e. The molecule has 148 valence electrons. The first kappa shape index (κ1) is 21.1. The minimum atomic E-state index is -0.963. The Morgan fingerprint density at radius 1 is 1.00 bits per heavy atom. The fourth-order valence-electron chi connectivity index (χ4n) is 2.61. The summed E-state index contributed by atoms with van der Waals surface area (Å²) in [5.41, 5.74) is 1.25. The van der Waals surface area contributed by atoms with Gasteiger partial charge in [-0.1, -0.05) is 26.0 Å². The summed E-state index contributed by atoms with van der Waals surface area (Å²) < 4.78 is 13.0. The van der Waals surface area contributed by atoms with Crippen molar-refractivity contribution >= 4 is 23.5 Å². The first-order valence-corrected chi connectivity index (χ1v) is 8.89. The summed E-state index contributed by atoms with van der Waals surface area (Å²) in [4.78, 5) is 36.2. The number of benzene rings is 2. The molecule has 2 aromatic rings. The third-order valence-corrected chi connectivity index (χ3v) is 4.37. The highest BCUT2D eigenvalue weighted by molar-refractivity contribution is 6.01. The maximum atomic E-state index is 13.0. The van der Waals surface area contributed by atoms with Crippen molar-refractivity contribution in [1.29, 1.82) is 0 Å². The van der Waals surface area contributed by atoms with Gasteiger partial charge in [-0.15, -0.1) is 0 Å². The molecule has 2 atom stereocenters. The van der Waals surface area contributed by atoms with Crippen molar-refractivity contribution in [2.45, 2.75) is 32.7 Å². The van der Waals surface area contributed by atoms with Crippen LogP contribution in [0.3, 0.4) is 0 Å². The van der Waals surface area contributed by atoms with Gasteiger partial charge in [0, 0.05) is 11.3 Å². The van der Waals surface area contributed by atoms with Gasteiger partial charge in [0.25, 0.3) is 5.91 Å². The zero-order valence-corrected chi connectivity index (χ0v) is 15.9. The summed E-state index contributed by atoms with van der Waals surface area (Å²) in [7, 11) is 0. The molecule has 0 spiro atoms. The summed E-state index contributed by atoms with van der Waals surface area (Å²) in [6, 6.07) is 10.8. The molecule has 2 rings (SSSR count). The Morgan fingerprint density at radius 3 is 2.21 bits per heavy atom. The zero-order chi connectivity index (χ0) is 20.8. The van der Waals surface area contributed by atoms with Crippen molar-refractivity contribution in [2.75, 3.05) is 5.32 Å². The number of hydrogen-bond donors (Lipinski definition) is 3. The Bertz CT molecular complexity index is 865. The number of carbonyl (C=O) groups excluding carboxylic acids is 2. The number of nitrogens with one attached hydrogen (secondary N) is 2. The SMILES string of the molecule is CC(C(=O)O)c1cccc(NC(=O)C(NC(=O)c2ccc(F)cc2)C(C)C)c1. The molecule has 0 heterocycles. The number of carbonyl (C=O) groups is 3. The van der Waals surface area contributed by atoms with Gasteiger partial charge in [0.1, 0.15) is 11.9 Å². The lowest BCUT2D eigenvalue weighted by Gasteiger charge is -2.22. The van der Waals surface area contributed by atoms with Crippen molar-refractivity contribution in [3.63, 3.8) is 0 Å². The molecule has 0 aromatic heterocycles. The fourth-order valence-corrected chi connectivity index (χ4v) is 2.61. The number of anilines is 1. The van der Waals surface area contributed by atoms with E-state index in [1.54, 1.807) is 45.0 Å². The molecule has 0 radical (unpaired) electrons. The molecule has 0 saturated carbocycles. The molecule has 0 fully saturated rings. The molecule has 0 aliphatic carbocycles. The van der Waals surface area contributed by atoms with E-state index in [9.17, 15) is 18.8 Å². The van der Waals surface area contributed by atoms with Crippen LogP contribution in [0.15, 0.2) is 48.5 Å². The lowest BCUT2D eigenvalue weighted by molar-refractivity contribution is -0.138. The highest BCUT2D eigenvalue weighted by Crippen LogP contribution is 2.20. The van der Waals surface area contributed by atoms with Crippen molar-refractivity contribution in [2.24, 2.45) is 5.92 Å². The molecule has 2 amide bonds. The molecule has 0 aliphatic heterocycles. The Kier molecular flexibility index (Phi) is 6.87. The van der Waals surface area contributed by atoms with Gasteiger partial charge in [0.2, 0.25) is 5.91 Å². The Labute approximate surface area is 162 Å². The van der Waals surface area contributed by atoms with Crippen LogP contribution in [-0.2, 0) is 9.59 Å². The van der Waals surface area contributed by atoms with Crippen molar-refractivity contribution in [1.82, 2.24) is 5.32 Å². The summed E-state index contributed by atoms with van der Waals surface area (Å²) in [6.45, 7) is 5.14. The summed E-state index contributed by atoms with van der Waals surface area (Å²) >= 11 is 0. The van der Waals surface area contributed by atoms with Gasteiger partial charge in [-0.3, -0.25) is 14.4 Å². The monoisotopic (exact) mass is 386 g/mol. The van der Waals surface area contributed by atoms with Gasteiger partial charge in [0.15, 0.2) is 0 Å². The first-order valence-electron chi connectivity index (χ1n) is 8.89. The topological polar surface area (TPSA) is 95.5 Å². The molecule has 28 heavy (non-hydrogen) atoms. The van der Waals surface area contributed by atoms with Crippen LogP contribution >= 0.6 is 0 Å². The van der Waals surface area contributed by atoms with E-state index in [0.717, 1.165) is 0 Å². The predicted octanol–water partition coefficient (Wildman–Crippen LogP) is 3.41. The van der Waals surface area contributed by atoms with Gasteiger partial charge >= 0.3 is 5.97 Å². The number of carboxylic acid groups (broad SMARTS) is 1. The highest BCUT2D eigenvalue weighted by atomic mass is 19.1. The second-order valence-electron chi connectivity index (χ2n) is 6.88. The summed E-state index contributed by atoms with van der Waals surface area (Å²) in [5, 5.41) is 14.5. The van der Waals surface area contributed by atoms with E-state index in [2.05, 4.69) is 10.6 Å². The zero-order valence-electron chi connectivity index (χ0n) is 15.9. The molecule has 0 saturated heterocycles. The third-order valence-electron chi connectivity index (χ3n) is 4.37. The van der Waals surface area contributed by atoms with Crippen LogP contribution in [0.1, 0.15) is 42.6 Å². The van der Waals surface area contributed by atoms with Gasteiger partial charge in [-0.25, -0.2) is 4.39 Å². The van der Waals surface area contributed by atoms with E-state index < -0.39 is 35.6 Å². The second kappa shape index (κ2) is 9.12. The van der Waals surface area contributed by atoms with Crippen LogP contribution in [-0.4, -0.2) is 28.9 Å². The quantitative estimate of drug-likeness (QED) is 0.680. The van der Waals surface area contributed by atoms with E-state index in [1.807, 2.05) is 0 Å². The van der Waals surface area contributed by atoms with Crippen molar-refractivity contribution in [3.8, 4) is 0 Å². The van der Waals surface area contributed by atoms with Crippen molar-refractivity contribution < 1.29 is 23.9 Å². The highest BCUT2D eigenvalue weighted by Gasteiger charge is 2.25. The maximum absolute atomic E-state index is 13.0. The van der Waals surface area contributed by atoms with E-state index in [1.165, 1.54) is 24.3 Å². The second-order valence-corrected chi connectivity index (χ2v) is 6.88. The van der Waals surface area contributed by atoms with Crippen LogP contribution in [0.25, 0.3) is 0 Å². The summed E-state index contributed by atoms with van der Waals surface area (Å²) in [5.74, 6) is -3.24. The standard InChI is InChI=1S/C21H23FN2O4/c1-12(2)18(24-19(25)14-7-9-16(22)10-8-14)20(26)23-17-6-4-5-15(11-17)13(3)21(27)28/h4-13,18H,1-3H3,(H,23,26)(H,24,25)(H,27,28). The molecule has 0 bridgehead atoms. The molecule has 7 heteroatoms. The molecule has 3 N–H and O–H groups in total. The average molecular weight is 386 g/mol. The number of halogens is 1. The number of aliphatic carboxylic acids is 1. The molecule has 0 aliphatic rings. The minimum absolute atomic E-state index is 0.203. The van der Waals surface area contributed by atoms with Crippen LogP contribution in [0.4, 0.5) is 10.1 Å². The predicted molar refractivity (Wildman–Crippen MR) is 104 cm³/mol. The smallest absolute Gasteiger partial charge is 0.310 e. The number of hydrogen-bond acceptors (Lipinski definition) is 3. The molecular weight excluding hydrogens is 363 g/mol. The third kappa shape index (κ3) is 5.39. The van der Waals surface area contributed by atoms with E-state index >= 15 is 0 Å². The van der Waals surface area contributed by atoms with E-state index in [-0.39, 0.29) is 11.5 Å².